The normalized spacial score (nSPS) is 16.0. The van der Waals surface area contributed by atoms with Crippen LogP contribution < -0.4 is 0 Å². The molecule has 0 bridgehead atoms. The first-order valence-electron chi connectivity index (χ1n) is 10.2. The molecule has 1 aliphatic rings. The second-order valence-electron chi connectivity index (χ2n) is 7.74. The van der Waals surface area contributed by atoms with Gasteiger partial charge in [-0.2, -0.15) is 4.31 Å². The topological polar surface area (TPSA) is 93.9 Å². The van der Waals surface area contributed by atoms with Gasteiger partial charge >= 0.3 is 0 Å². The number of aromatic nitrogens is 5. The Kier molecular flexibility index (Phi) is 4.99. The van der Waals surface area contributed by atoms with Crippen LogP contribution in [0.4, 0.5) is 0 Å². The minimum atomic E-state index is -3.57. The number of pyridine rings is 3. The van der Waals surface area contributed by atoms with Gasteiger partial charge in [0.25, 0.3) is 10.0 Å². The predicted molar refractivity (Wildman–Crippen MR) is 117 cm³/mol. The van der Waals surface area contributed by atoms with E-state index in [-0.39, 0.29) is 11.1 Å². The first kappa shape index (κ1) is 19.8. The largest absolute Gasteiger partial charge is 0.324 e. The van der Waals surface area contributed by atoms with E-state index in [9.17, 15) is 8.42 Å². The van der Waals surface area contributed by atoms with E-state index in [0.717, 1.165) is 35.0 Å². The van der Waals surface area contributed by atoms with Crippen LogP contribution in [-0.2, 0) is 17.1 Å². The van der Waals surface area contributed by atoms with Gasteiger partial charge in [-0.1, -0.05) is 0 Å². The molecule has 9 heteroatoms. The van der Waals surface area contributed by atoms with E-state index in [1.807, 2.05) is 30.5 Å². The minimum Gasteiger partial charge on any atom is -0.324 e. The molecule has 4 aromatic heterocycles. The highest BCUT2D eigenvalue weighted by molar-refractivity contribution is 7.89. The van der Waals surface area contributed by atoms with Crippen molar-refractivity contribution in [2.45, 2.75) is 23.9 Å². The smallest absolute Gasteiger partial charge is 0.276 e. The van der Waals surface area contributed by atoms with Crippen molar-refractivity contribution in [2.24, 2.45) is 7.05 Å². The Hall–Kier alpha value is -3.17. The molecule has 5 rings (SSSR count). The standard InChI is InChI=1S/C22H22N6O2S/c1-27-13-10-24-22(27)31(29,30)28-11-6-17(7-12-28)20-3-2-18-14-19(15-25-21(18)26-20)16-4-8-23-9-5-16/h2-5,8-10,13-15,17H,6-7,11-12H2,1H3. The molecule has 1 saturated heterocycles. The van der Waals surface area contributed by atoms with Crippen LogP contribution in [0.2, 0.25) is 0 Å². The van der Waals surface area contributed by atoms with Gasteiger partial charge in [0.05, 0.1) is 0 Å². The van der Waals surface area contributed by atoms with Crippen LogP contribution in [-0.4, -0.2) is 50.3 Å². The number of rotatable bonds is 4. The fraction of sp³-hybridized carbons (Fsp3) is 0.273. The number of hydrogen-bond acceptors (Lipinski definition) is 6. The molecule has 1 aliphatic heterocycles. The maximum atomic E-state index is 12.8. The van der Waals surface area contributed by atoms with Gasteiger partial charge in [0, 0.05) is 73.7 Å². The van der Waals surface area contributed by atoms with Gasteiger partial charge in [-0.05, 0) is 48.7 Å². The van der Waals surface area contributed by atoms with E-state index in [1.54, 1.807) is 25.6 Å². The Bertz CT molecular complexity index is 1330. The Morgan fingerprint density at radius 2 is 1.74 bits per heavy atom. The van der Waals surface area contributed by atoms with Gasteiger partial charge in [-0.25, -0.2) is 23.4 Å². The highest BCUT2D eigenvalue weighted by Gasteiger charge is 2.32. The molecular formula is C22H22N6O2S. The molecular weight excluding hydrogens is 412 g/mol. The molecule has 0 unspecified atom stereocenters. The Labute approximate surface area is 180 Å². The summed E-state index contributed by atoms with van der Waals surface area (Å²) in [5, 5.41) is 1.07. The second-order valence-corrected chi connectivity index (χ2v) is 9.57. The van der Waals surface area contributed by atoms with E-state index in [1.165, 1.54) is 15.1 Å². The lowest BCUT2D eigenvalue weighted by atomic mass is 9.94. The average Bonchev–Trinajstić information content (AvgIpc) is 3.26. The molecule has 0 saturated carbocycles. The van der Waals surface area contributed by atoms with Gasteiger partial charge in [-0.3, -0.25) is 4.98 Å². The summed E-state index contributed by atoms with van der Waals surface area (Å²) >= 11 is 0. The second kappa shape index (κ2) is 7.82. The monoisotopic (exact) mass is 434 g/mol. The van der Waals surface area contributed by atoms with Crippen LogP contribution in [0.1, 0.15) is 24.5 Å². The van der Waals surface area contributed by atoms with Gasteiger partial charge < -0.3 is 4.57 Å². The molecule has 0 aromatic carbocycles. The number of nitrogens with zero attached hydrogens (tertiary/aromatic N) is 6. The zero-order valence-electron chi connectivity index (χ0n) is 17.1. The van der Waals surface area contributed by atoms with Crippen LogP contribution in [0.25, 0.3) is 22.2 Å². The Morgan fingerprint density at radius 1 is 0.968 bits per heavy atom. The lowest BCUT2D eigenvalue weighted by Crippen LogP contribution is -2.39. The number of aryl methyl sites for hydroxylation is 1. The van der Waals surface area contributed by atoms with E-state index in [2.05, 4.69) is 21.0 Å². The van der Waals surface area contributed by atoms with Gasteiger partial charge in [0.2, 0.25) is 5.16 Å². The van der Waals surface area contributed by atoms with Crippen LogP contribution in [0.5, 0.6) is 0 Å². The van der Waals surface area contributed by atoms with E-state index < -0.39 is 10.0 Å². The number of hydrogen-bond donors (Lipinski definition) is 0. The first-order chi connectivity index (χ1) is 15.0. The molecule has 4 aromatic rings. The summed E-state index contributed by atoms with van der Waals surface area (Å²) in [4.78, 5) is 17.4. The third-order valence-electron chi connectivity index (χ3n) is 5.80. The van der Waals surface area contributed by atoms with Gasteiger partial charge in [0.1, 0.15) is 0 Å². The highest BCUT2D eigenvalue weighted by atomic mass is 32.2. The lowest BCUT2D eigenvalue weighted by molar-refractivity contribution is 0.314. The molecule has 8 nitrogen and oxygen atoms in total. The highest BCUT2D eigenvalue weighted by Crippen LogP contribution is 2.31. The molecule has 5 heterocycles. The summed E-state index contributed by atoms with van der Waals surface area (Å²) in [5.74, 6) is 0.207. The zero-order chi connectivity index (χ0) is 21.4. The fourth-order valence-electron chi connectivity index (χ4n) is 4.06. The molecule has 1 fully saturated rings. The minimum absolute atomic E-state index is 0.0870. The number of imidazole rings is 1. The van der Waals surface area contributed by atoms with Crippen molar-refractivity contribution in [3.05, 3.63) is 67.0 Å². The third kappa shape index (κ3) is 3.70. The van der Waals surface area contributed by atoms with Crippen molar-refractivity contribution >= 4 is 21.1 Å². The number of piperidine rings is 1. The Balaban J connectivity index is 1.33. The summed E-state index contributed by atoms with van der Waals surface area (Å²) in [7, 11) is -1.88. The van der Waals surface area contributed by atoms with Gasteiger partial charge in [-0.15, -0.1) is 0 Å². The van der Waals surface area contributed by atoms with Crippen molar-refractivity contribution in [3.8, 4) is 11.1 Å². The molecule has 0 aliphatic carbocycles. The molecule has 0 atom stereocenters. The Morgan fingerprint density at radius 3 is 2.45 bits per heavy atom. The zero-order valence-corrected chi connectivity index (χ0v) is 17.9. The fourth-order valence-corrected chi connectivity index (χ4v) is 5.60. The van der Waals surface area contributed by atoms with Crippen LogP contribution in [0, 0.1) is 0 Å². The molecule has 158 valence electrons. The van der Waals surface area contributed by atoms with E-state index in [4.69, 9.17) is 4.98 Å². The molecule has 0 radical (unpaired) electrons. The summed E-state index contributed by atoms with van der Waals surface area (Å²) in [6.07, 6.45) is 9.95. The molecule has 0 spiro atoms. The summed E-state index contributed by atoms with van der Waals surface area (Å²) in [6.45, 7) is 0.905. The van der Waals surface area contributed by atoms with Crippen molar-refractivity contribution in [3.63, 3.8) is 0 Å². The first-order valence-corrected chi connectivity index (χ1v) is 11.6. The third-order valence-corrected chi connectivity index (χ3v) is 7.70. The molecule has 31 heavy (non-hydrogen) atoms. The average molecular weight is 435 g/mol. The van der Waals surface area contributed by atoms with E-state index >= 15 is 0 Å². The van der Waals surface area contributed by atoms with Gasteiger partial charge in [0.15, 0.2) is 5.65 Å². The number of sulfonamides is 1. The van der Waals surface area contributed by atoms with Crippen molar-refractivity contribution in [1.29, 1.82) is 0 Å². The van der Waals surface area contributed by atoms with Crippen molar-refractivity contribution < 1.29 is 8.42 Å². The lowest BCUT2D eigenvalue weighted by Gasteiger charge is -2.30. The van der Waals surface area contributed by atoms with Crippen LogP contribution >= 0.6 is 0 Å². The van der Waals surface area contributed by atoms with Crippen LogP contribution in [0.15, 0.2) is 66.5 Å². The maximum Gasteiger partial charge on any atom is 0.276 e. The number of fused-ring (bicyclic) bond motifs is 1. The van der Waals surface area contributed by atoms with Crippen molar-refractivity contribution in [2.75, 3.05) is 13.1 Å². The molecule has 0 N–H and O–H groups in total. The maximum absolute atomic E-state index is 12.8. The van der Waals surface area contributed by atoms with Crippen LogP contribution in [0.3, 0.4) is 0 Å². The SMILES string of the molecule is Cn1ccnc1S(=O)(=O)N1CCC(c2ccc3cc(-c4ccncc4)cnc3n2)CC1. The van der Waals surface area contributed by atoms with Crippen molar-refractivity contribution in [1.82, 2.24) is 28.8 Å². The summed E-state index contributed by atoms with van der Waals surface area (Å²) in [5.41, 5.74) is 3.76. The quantitative estimate of drug-likeness (QED) is 0.490. The predicted octanol–water partition coefficient (Wildman–Crippen LogP) is 2.99. The molecule has 0 amide bonds. The summed E-state index contributed by atoms with van der Waals surface area (Å²) < 4.78 is 28.8. The summed E-state index contributed by atoms with van der Waals surface area (Å²) in [6, 6.07) is 10.1. The van der Waals surface area contributed by atoms with E-state index in [0.29, 0.717) is 18.7 Å².